The Hall–Kier alpha value is -2.47. The largest absolute Gasteiger partial charge is 0.305 e. The van der Waals surface area contributed by atoms with E-state index in [2.05, 4.69) is 10.0 Å². The van der Waals surface area contributed by atoms with Crippen LogP contribution in [0.5, 0.6) is 0 Å². The van der Waals surface area contributed by atoms with Gasteiger partial charge < -0.3 is 0 Å². The second kappa shape index (κ2) is 6.31. The predicted octanol–water partition coefficient (Wildman–Crippen LogP) is 3.59. The first-order chi connectivity index (χ1) is 8.56. The van der Waals surface area contributed by atoms with Crippen molar-refractivity contribution >= 4 is 11.8 Å². The number of nitro groups is 1. The van der Waals surface area contributed by atoms with Crippen LogP contribution in [0.4, 0.5) is 14.5 Å². The smallest absolute Gasteiger partial charge is 0.258 e. The summed E-state index contributed by atoms with van der Waals surface area (Å²) in [6.45, 7) is 0.192. The lowest BCUT2D eigenvalue weighted by atomic mass is 10.1. The third-order valence-corrected chi connectivity index (χ3v) is 2.02. The fourth-order valence-electron chi connectivity index (χ4n) is 1.21. The van der Waals surface area contributed by atoms with Crippen LogP contribution in [0.25, 0.3) is 16.5 Å². The first kappa shape index (κ1) is 13.6. The molecule has 0 aromatic heterocycles. The number of azide groups is 1. The van der Waals surface area contributed by atoms with Gasteiger partial charge in [0.2, 0.25) is 5.82 Å². The van der Waals surface area contributed by atoms with E-state index in [1.54, 1.807) is 0 Å². The van der Waals surface area contributed by atoms with Crippen molar-refractivity contribution in [3.8, 4) is 0 Å². The van der Waals surface area contributed by atoms with Crippen LogP contribution in [0, 0.1) is 21.7 Å². The number of nitrogens with zero attached hydrogens (tertiary/aromatic N) is 4. The molecule has 0 unspecified atom stereocenters. The Balaban J connectivity index is 2.91. The second-order valence-electron chi connectivity index (χ2n) is 3.23. The first-order valence-electron chi connectivity index (χ1n) is 4.87. The highest BCUT2D eigenvalue weighted by Crippen LogP contribution is 2.22. The van der Waals surface area contributed by atoms with Crippen LogP contribution in [-0.4, -0.2) is 11.5 Å². The molecule has 0 spiro atoms. The molecule has 6 nitrogen and oxygen atoms in total. The van der Waals surface area contributed by atoms with Gasteiger partial charge in [-0.05, 0) is 12.0 Å². The zero-order chi connectivity index (χ0) is 13.5. The van der Waals surface area contributed by atoms with Crippen molar-refractivity contribution < 1.29 is 13.7 Å². The van der Waals surface area contributed by atoms with E-state index < -0.39 is 22.2 Å². The number of nitro benzene ring substituents is 1. The second-order valence-corrected chi connectivity index (χ2v) is 3.23. The highest BCUT2D eigenvalue weighted by molar-refractivity contribution is 5.54. The van der Waals surface area contributed by atoms with E-state index in [4.69, 9.17) is 5.53 Å². The lowest BCUT2D eigenvalue weighted by molar-refractivity contribution is -0.387. The summed E-state index contributed by atoms with van der Waals surface area (Å²) in [5, 5.41) is 13.7. The van der Waals surface area contributed by atoms with Gasteiger partial charge in [0.15, 0.2) is 0 Å². The zero-order valence-electron chi connectivity index (χ0n) is 9.08. The van der Waals surface area contributed by atoms with Crippen molar-refractivity contribution in [2.24, 2.45) is 5.11 Å². The van der Waals surface area contributed by atoms with Crippen LogP contribution >= 0.6 is 0 Å². The molecule has 94 valence electrons. The molecular weight excluding hydrogens is 246 g/mol. The number of benzene rings is 1. The molecule has 0 saturated heterocycles. The molecule has 0 heterocycles. The quantitative estimate of drug-likeness (QED) is 0.200. The van der Waals surface area contributed by atoms with Gasteiger partial charge in [0.25, 0.3) is 0 Å². The molecule has 0 bridgehead atoms. The van der Waals surface area contributed by atoms with Crippen LogP contribution in [0.2, 0.25) is 0 Å². The van der Waals surface area contributed by atoms with Crippen molar-refractivity contribution in [1.82, 2.24) is 0 Å². The lowest BCUT2D eigenvalue weighted by Crippen LogP contribution is -1.95. The van der Waals surface area contributed by atoms with E-state index >= 15 is 0 Å². The Morgan fingerprint density at radius 2 is 2.17 bits per heavy atom. The number of halogens is 2. The summed E-state index contributed by atoms with van der Waals surface area (Å²) in [6.07, 6.45) is 3.11. The third-order valence-electron chi connectivity index (χ3n) is 2.02. The highest BCUT2D eigenvalue weighted by Gasteiger charge is 2.16. The molecule has 0 saturated carbocycles. The van der Waals surface area contributed by atoms with Crippen molar-refractivity contribution in [2.75, 3.05) is 6.54 Å². The van der Waals surface area contributed by atoms with Gasteiger partial charge in [-0.15, -0.1) is 0 Å². The van der Waals surface area contributed by atoms with Gasteiger partial charge in [-0.1, -0.05) is 17.3 Å². The highest BCUT2D eigenvalue weighted by atomic mass is 19.1. The minimum absolute atomic E-state index is 0.0935. The predicted molar refractivity (Wildman–Crippen MR) is 60.7 cm³/mol. The van der Waals surface area contributed by atoms with E-state index in [9.17, 15) is 18.9 Å². The maximum Gasteiger partial charge on any atom is 0.305 e. The number of hydrogen-bond donors (Lipinski definition) is 0. The minimum Gasteiger partial charge on any atom is -0.258 e. The molecular formula is C10H8F2N4O2. The van der Waals surface area contributed by atoms with Gasteiger partial charge in [0.1, 0.15) is 5.82 Å². The summed E-state index contributed by atoms with van der Waals surface area (Å²) >= 11 is 0. The standard InChI is InChI=1S/C10H8F2N4O2/c11-8-6-9(12)10(16(17)18)5-7(8)3-1-2-4-14-15-13/h1,3,5-6H,2,4H2. The van der Waals surface area contributed by atoms with Gasteiger partial charge in [-0.25, -0.2) is 4.39 Å². The number of hydrogen-bond acceptors (Lipinski definition) is 3. The molecule has 0 amide bonds. The van der Waals surface area contributed by atoms with Crippen LogP contribution in [0.15, 0.2) is 23.3 Å². The Bertz CT molecular complexity index is 539. The van der Waals surface area contributed by atoms with E-state index in [0.717, 1.165) is 6.07 Å². The van der Waals surface area contributed by atoms with Crippen molar-refractivity contribution in [2.45, 2.75) is 6.42 Å². The average molecular weight is 254 g/mol. The van der Waals surface area contributed by atoms with Gasteiger partial charge in [-0.2, -0.15) is 4.39 Å². The molecule has 0 N–H and O–H groups in total. The first-order valence-corrected chi connectivity index (χ1v) is 4.87. The molecule has 0 aliphatic carbocycles. The molecule has 0 atom stereocenters. The Morgan fingerprint density at radius 1 is 1.44 bits per heavy atom. The zero-order valence-corrected chi connectivity index (χ0v) is 9.08. The monoisotopic (exact) mass is 254 g/mol. The molecule has 8 heteroatoms. The molecule has 0 radical (unpaired) electrons. The van der Waals surface area contributed by atoms with Crippen LogP contribution in [0.1, 0.15) is 12.0 Å². The van der Waals surface area contributed by atoms with Gasteiger partial charge in [-0.3, -0.25) is 10.1 Å². The fraction of sp³-hybridized carbons (Fsp3) is 0.200. The molecule has 18 heavy (non-hydrogen) atoms. The van der Waals surface area contributed by atoms with Crippen LogP contribution in [-0.2, 0) is 0 Å². The maximum absolute atomic E-state index is 13.3. The Labute approximate surface area is 100 Å². The average Bonchev–Trinajstić information content (AvgIpc) is 2.30. The van der Waals surface area contributed by atoms with Gasteiger partial charge in [0.05, 0.1) is 4.92 Å². The SMILES string of the molecule is [N-]=[N+]=NCCC=Cc1cc([N+](=O)[O-])c(F)cc1F. The Morgan fingerprint density at radius 3 is 2.78 bits per heavy atom. The van der Waals surface area contributed by atoms with Crippen LogP contribution in [0.3, 0.4) is 0 Å². The summed E-state index contributed by atoms with van der Waals surface area (Å²) < 4.78 is 26.3. The van der Waals surface area contributed by atoms with Gasteiger partial charge >= 0.3 is 5.69 Å². The summed E-state index contributed by atoms with van der Waals surface area (Å²) in [6, 6.07) is 1.28. The third kappa shape index (κ3) is 3.53. The lowest BCUT2D eigenvalue weighted by Gasteiger charge is -1.99. The van der Waals surface area contributed by atoms with Crippen molar-refractivity contribution in [3.05, 3.63) is 56.0 Å². The summed E-state index contributed by atoms with van der Waals surface area (Å²) in [4.78, 5) is 12.1. The fourth-order valence-corrected chi connectivity index (χ4v) is 1.21. The molecule has 0 aliphatic heterocycles. The molecule has 0 aliphatic rings. The maximum atomic E-state index is 13.3. The molecule has 1 rings (SSSR count). The van der Waals surface area contributed by atoms with E-state index in [1.807, 2.05) is 0 Å². The molecule has 1 aromatic rings. The van der Waals surface area contributed by atoms with E-state index in [-0.39, 0.29) is 12.1 Å². The molecule has 1 aromatic carbocycles. The minimum atomic E-state index is -1.22. The summed E-state index contributed by atoms with van der Waals surface area (Å²) in [5.74, 6) is -2.11. The summed E-state index contributed by atoms with van der Waals surface area (Å²) in [5.41, 5.74) is 7.13. The molecule has 0 fully saturated rings. The normalized spacial score (nSPS) is 10.3. The Kier molecular flexibility index (Phi) is 4.77. The number of rotatable bonds is 5. The van der Waals surface area contributed by atoms with Crippen LogP contribution < -0.4 is 0 Å². The summed E-state index contributed by atoms with van der Waals surface area (Å²) in [7, 11) is 0. The van der Waals surface area contributed by atoms with Crippen molar-refractivity contribution in [3.63, 3.8) is 0 Å². The van der Waals surface area contributed by atoms with E-state index in [1.165, 1.54) is 12.2 Å². The topological polar surface area (TPSA) is 91.9 Å². The van der Waals surface area contributed by atoms with Crippen molar-refractivity contribution in [1.29, 1.82) is 0 Å². The van der Waals surface area contributed by atoms with E-state index in [0.29, 0.717) is 12.5 Å². The van der Waals surface area contributed by atoms with Gasteiger partial charge in [0, 0.05) is 29.2 Å².